The van der Waals surface area contributed by atoms with Crippen molar-refractivity contribution in [3.05, 3.63) is 23.9 Å². The van der Waals surface area contributed by atoms with Crippen molar-refractivity contribution in [2.24, 2.45) is 5.92 Å². The first kappa shape index (κ1) is 12.3. The predicted molar refractivity (Wildman–Crippen MR) is 69.2 cm³/mol. The van der Waals surface area contributed by atoms with Crippen molar-refractivity contribution in [1.29, 1.82) is 0 Å². The molecule has 17 heavy (non-hydrogen) atoms. The number of rotatable bonds is 5. The lowest BCUT2D eigenvalue weighted by molar-refractivity contribution is 0.161. The van der Waals surface area contributed by atoms with Crippen molar-refractivity contribution < 1.29 is 4.74 Å². The number of nitrogens with zero attached hydrogens (tertiary/aromatic N) is 2. The maximum Gasteiger partial charge on any atom is 0.128 e. The van der Waals surface area contributed by atoms with Crippen LogP contribution in [0.25, 0.3) is 0 Å². The van der Waals surface area contributed by atoms with Gasteiger partial charge < -0.3 is 15.0 Å². The smallest absolute Gasteiger partial charge is 0.128 e. The molecule has 1 aliphatic heterocycles. The third-order valence-corrected chi connectivity index (χ3v) is 3.20. The molecule has 1 fully saturated rings. The maximum absolute atomic E-state index is 5.22. The van der Waals surface area contributed by atoms with E-state index in [1.54, 1.807) is 7.11 Å². The molecule has 0 aliphatic carbocycles. The van der Waals surface area contributed by atoms with Crippen LogP contribution in [0.4, 0.5) is 5.82 Å². The lowest BCUT2D eigenvalue weighted by atomic mass is 10.1. The first-order valence-electron chi connectivity index (χ1n) is 6.17. The van der Waals surface area contributed by atoms with Crippen LogP contribution in [0.15, 0.2) is 18.3 Å². The minimum Gasteiger partial charge on any atom is -0.384 e. The molecule has 1 aromatic rings. The number of nitrogens with one attached hydrogen (secondary N) is 1. The van der Waals surface area contributed by atoms with Crippen molar-refractivity contribution in [2.45, 2.75) is 13.0 Å². The maximum atomic E-state index is 5.22. The van der Waals surface area contributed by atoms with E-state index in [4.69, 9.17) is 4.74 Å². The van der Waals surface area contributed by atoms with Crippen molar-refractivity contribution in [3.63, 3.8) is 0 Å². The van der Waals surface area contributed by atoms with Gasteiger partial charge in [-0.25, -0.2) is 4.98 Å². The summed E-state index contributed by atoms with van der Waals surface area (Å²) in [6, 6.07) is 4.23. The van der Waals surface area contributed by atoms with Gasteiger partial charge in [0, 0.05) is 38.9 Å². The first-order chi connectivity index (χ1) is 8.33. The van der Waals surface area contributed by atoms with Crippen molar-refractivity contribution in [3.8, 4) is 0 Å². The van der Waals surface area contributed by atoms with Crippen LogP contribution in [0.1, 0.15) is 12.0 Å². The molecule has 1 aromatic heterocycles. The summed E-state index contributed by atoms with van der Waals surface area (Å²) >= 11 is 0. The Bertz CT molecular complexity index is 356. The lowest BCUT2D eigenvalue weighted by Gasteiger charge is -2.18. The zero-order valence-corrected chi connectivity index (χ0v) is 10.6. The Hall–Kier alpha value is -1.13. The van der Waals surface area contributed by atoms with Crippen LogP contribution in [0.5, 0.6) is 0 Å². The van der Waals surface area contributed by atoms with E-state index in [0.29, 0.717) is 5.92 Å². The second-order valence-electron chi connectivity index (χ2n) is 4.61. The van der Waals surface area contributed by atoms with Gasteiger partial charge in [-0.2, -0.15) is 0 Å². The fourth-order valence-corrected chi connectivity index (χ4v) is 2.36. The fraction of sp³-hybridized carbons (Fsp3) is 0.615. The second kappa shape index (κ2) is 5.98. The average molecular weight is 235 g/mol. The number of methoxy groups -OCH3 is 1. The van der Waals surface area contributed by atoms with Crippen molar-refractivity contribution >= 4 is 5.82 Å². The van der Waals surface area contributed by atoms with Crippen LogP contribution in [-0.4, -0.2) is 38.8 Å². The van der Waals surface area contributed by atoms with Crippen molar-refractivity contribution in [2.75, 3.05) is 38.8 Å². The fourth-order valence-electron chi connectivity index (χ4n) is 2.36. The summed E-state index contributed by atoms with van der Waals surface area (Å²) in [6.07, 6.45) is 3.09. The van der Waals surface area contributed by atoms with E-state index in [1.165, 1.54) is 12.0 Å². The number of hydrogen-bond acceptors (Lipinski definition) is 4. The Morgan fingerprint density at radius 1 is 1.59 bits per heavy atom. The predicted octanol–water partition coefficient (Wildman–Crippen LogP) is 1.27. The number of pyridine rings is 1. The average Bonchev–Trinajstić information content (AvgIpc) is 2.79. The molecule has 0 bridgehead atoms. The van der Waals surface area contributed by atoms with Gasteiger partial charge >= 0.3 is 0 Å². The third-order valence-electron chi connectivity index (χ3n) is 3.20. The molecule has 2 rings (SSSR count). The molecule has 0 saturated carbocycles. The van der Waals surface area contributed by atoms with E-state index >= 15 is 0 Å². The largest absolute Gasteiger partial charge is 0.384 e. The summed E-state index contributed by atoms with van der Waals surface area (Å²) < 4.78 is 5.22. The van der Waals surface area contributed by atoms with Crippen LogP contribution >= 0.6 is 0 Å². The molecule has 4 heteroatoms. The number of ether oxygens (including phenoxy) is 1. The number of aromatic nitrogens is 1. The molecule has 2 heterocycles. The Morgan fingerprint density at radius 2 is 2.47 bits per heavy atom. The van der Waals surface area contributed by atoms with Gasteiger partial charge in [0.15, 0.2) is 0 Å². The van der Waals surface area contributed by atoms with Gasteiger partial charge in [0.05, 0.1) is 6.61 Å². The highest BCUT2D eigenvalue weighted by Gasteiger charge is 2.23. The van der Waals surface area contributed by atoms with E-state index in [9.17, 15) is 0 Å². The minimum absolute atomic E-state index is 0.648. The first-order valence-corrected chi connectivity index (χ1v) is 6.17. The van der Waals surface area contributed by atoms with Crippen LogP contribution in [0, 0.1) is 5.92 Å². The van der Waals surface area contributed by atoms with Crippen LogP contribution in [-0.2, 0) is 11.3 Å². The summed E-state index contributed by atoms with van der Waals surface area (Å²) in [5.74, 6) is 1.74. The zero-order valence-electron chi connectivity index (χ0n) is 10.6. The summed E-state index contributed by atoms with van der Waals surface area (Å²) in [5.41, 5.74) is 1.28. The molecule has 0 radical (unpaired) electrons. The van der Waals surface area contributed by atoms with Crippen LogP contribution < -0.4 is 10.2 Å². The molecular formula is C13H21N3O. The van der Waals surface area contributed by atoms with Gasteiger partial charge in [-0.3, -0.25) is 0 Å². The molecule has 0 aromatic carbocycles. The van der Waals surface area contributed by atoms with E-state index < -0.39 is 0 Å². The highest BCUT2D eigenvalue weighted by molar-refractivity contribution is 5.42. The lowest BCUT2D eigenvalue weighted by Crippen LogP contribution is -2.22. The van der Waals surface area contributed by atoms with Crippen LogP contribution in [0.2, 0.25) is 0 Å². The third kappa shape index (κ3) is 3.17. The van der Waals surface area contributed by atoms with E-state index in [2.05, 4.69) is 27.3 Å². The number of anilines is 1. The number of hydrogen-bond donors (Lipinski definition) is 1. The highest BCUT2D eigenvalue weighted by atomic mass is 16.5. The van der Waals surface area contributed by atoms with E-state index in [-0.39, 0.29) is 0 Å². The van der Waals surface area contributed by atoms with Crippen molar-refractivity contribution in [1.82, 2.24) is 10.3 Å². The second-order valence-corrected chi connectivity index (χ2v) is 4.61. The van der Waals surface area contributed by atoms with Gasteiger partial charge in [-0.1, -0.05) is 0 Å². The van der Waals surface area contributed by atoms with E-state index in [0.717, 1.165) is 32.1 Å². The SMILES string of the molecule is CNCc1ccnc(N2CCC(COC)C2)c1. The highest BCUT2D eigenvalue weighted by Crippen LogP contribution is 2.22. The quantitative estimate of drug-likeness (QED) is 0.834. The topological polar surface area (TPSA) is 37.4 Å². The Balaban J connectivity index is 2.00. The molecule has 1 aliphatic rings. The molecule has 0 amide bonds. The van der Waals surface area contributed by atoms with E-state index in [1.807, 2.05) is 13.2 Å². The van der Waals surface area contributed by atoms with Gasteiger partial charge in [0.1, 0.15) is 5.82 Å². The monoisotopic (exact) mass is 235 g/mol. The molecule has 1 atom stereocenters. The Morgan fingerprint density at radius 3 is 3.24 bits per heavy atom. The minimum atomic E-state index is 0.648. The molecule has 0 spiro atoms. The molecule has 1 unspecified atom stereocenters. The molecule has 1 saturated heterocycles. The molecule has 1 N–H and O–H groups in total. The Labute approximate surface area is 103 Å². The summed E-state index contributed by atoms with van der Waals surface area (Å²) in [6.45, 7) is 3.89. The molecule has 4 nitrogen and oxygen atoms in total. The molecule has 94 valence electrons. The van der Waals surface area contributed by atoms with Crippen LogP contribution in [0.3, 0.4) is 0 Å². The standard InChI is InChI=1S/C13H21N3O/c1-14-8-11-3-5-15-13(7-11)16-6-4-12(9-16)10-17-2/h3,5,7,12,14H,4,6,8-10H2,1-2H3. The molecular weight excluding hydrogens is 214 g/mol. The van der Waals surface area contributed by atoms with Gasteiger partial charge in [0.2, 0.25) is 0 Å². The normalized spacial score (nSPS) is 19.9. The summed E-state index contributed by atoms with van der Waals surface area (Å²) in [7, 11) is 3.74. The summed E-state index contributed by atoms with van der Waals surface area (Å²) in [4.78, 5) is 6.81. The van der Waals surface area contributed by atoms with Gasteiger partial charge in [-0.05, 0) is 31.2 Å². The Kier molecular flexibility index (Phi) is 4.34. The van der Waals surface area contributed by atoms with Gasteiger partial charge in [-0.15, -0.1) is 0 Å². The summed E-state index contributed by atoms with van der Waals surface area (Å²) in [5, 5.41) is 3.16. The van der Waals surface area contributed by atoms with Gasteiger partial charge in [0.25, 0.3) is 0 Å². The zero-order chi connectivity index (χ0) is 12.1.